The van der Waals surface area contributed by atoms with Gasteiger partial charge in [-0.3, -0.25) is 9.69 Å². The van der Waals surface area contributed by atoms with Crippen LogP contribution >= 0.6 is 0 Å². The van der Waals surface area contributed by atoms with E-state index in [-0.39, 0.29) is 5.56 Å². The number of aromatic nitrogens is 2. The highest BCUT2D eigenvalue weighted by Crippen LogP contribution is 2.10. The summed E-state index contributed by atoms with van der Waals surface area (Å²) in [7, 11) is 2.07. The maximum absolute atomic E-state index is 12.0. The number of nitrogens with zero attached hydrogens (tertiary/aromatic N) is 2. The van der Waals surface area contributed by atoms with Crippen molar-refractivity contribution in [2.45, 2.75) is 31.8 Å². The Morgan fingerprint density at radius 2 is 2.19 bits per heavy atom. The zero-order chi connectivity index (χ0) is 14.7. The predicted molar refractivity (Wildman–Crippen MR) is 84.3 cm³/mol. The van der Waals surface area contributed by atoms with Gasteiger partial charge in [0.25, 0.3) is 5.56 Å². The molecule has 1 saturated heterocycles. The Hall–Kier alpha value is -1.72. The average Bonchev–Trinajstić information content (AvgIpc) is 2.48. The lowest BCUT2D eigenvalue weighted by atomic mass is 10.0. The first-order valence-corrected chi connectivity index (χ1v) is 7.62. The molecule has 1 aromatic heterocycles. The molecule has 1 unspecified atom stereocenters. The topological polar surface area (TPSA) is 61.0 Å². The highest BCUT2D eigenvalue weighted by molar-refractivity contribution is 5.77. The first-order valence-electron chi connectivity index (χ1n) is 7.62. The summed E-state index contributed by atoms with van der Waals surface area (Å²) in [6.45, 7) is 2.76. The van der Waals surface area contributed by atoms with Gasteiger partial charge in [0.05, 0.1) is 17.4 Å². The van der Waals surface area contributed by atoms with Gasteiger partial charge < -0.3 is 10.3 Å². The summed E-state index contributed by atoms with van der Waals surface area (Å²) in [4.78, 5) is 21.7. The van der Waals surface area contributed by atoms with Crippen molar-refractivity contribution in [3.05, 3.63) is 40.4 Å². The number of aromatic amines is 1. The van der Waals surface area contributed by atoms with Crippen molar-refractivity contribution in [2.24, 2.45) is 0 Å². The summed E-state index contributed by atoms with van der Waals surface area (Å²) < 4.78 is 0. The molecule has 1 fully saturated rings. The molecule has 1 aromatic carbocycles. The fourth-order valence-corrected chi connectivity index (χ4v) is 2.99. The molecule has 2 N–H and O–H groups in total. The van der Waals surface area contributed by atoms with Gasteiger partial charge in [0.1, 0.15) is 5.82 Å². The van der Waals surface area contributed by atoms with Gasteiger partial charge in [0.2, 0.25) is 0 Å². The van der Waals surface area contributed by atoms with E-state index in [2.05, 4.69) is 27.2 Å². The Kier molecular flexibility index (Phi) is 4.31. The molecule has 1 aliphatic heterocycles. The van der Waals surface area contributed by atoms with Crippen molar-refractivity contribution in [1.82, 2.24) is 20.2 Å². The second kappa shape index (κ2) is 6.37. The molecule has 0 saturated carbocycles. The second-order valence-electron chi connectivity index (χ2n) is 5.87. The quantitative estimate of drug-likeness (QED) is 0.894. The van der Waals surface area contributed by atoms with Gasteiger partial charge in [0, 0.05) is 12.6 Å². The lowest BCUT2D eigenvalue weighted by Gasteiger charge is -2.27. The molecule has 0 amide bonds. The van der Waals surface area contributed by atoms with Crippen LogP contribution in [-0.2, 0) is 6.54 Å². The number of hydrogen-bond acceptors (Lipinski definition) is 4. The van der Waals surface area contributed by atoms with Crippen LogP contribution in [0.4, 0.5) is 0 Å². The molecule has 1 aliphatic rings. The van der Waals surface area contributed by atoms with Crippen molar-refractivity contribution in [1.29, 1.82) is 0 Å². The van der Waals surface area contributed by atoms with Crippen molar-refractivity contribution in [3.63, 3.8) is 0 Å². The molecule has 0 radical (unpaired) electrons. The standard InChI is InChI=1S/C16H22N4O/c1-20(10-12-6-4-5-9-17-12)11-15-18-14-8-3-2-7-13(14)16(21)19-15/h2-3,7-8,12,17H,4-6,9-11H2,1H3,(H,18,19,21). The number of hydrogen-bond donors (Lipinski definition) is 2. The summed E-state index contributed by atoms with van der Waals surface area (Å²) >= 11 is 0. The second-order valence-corrected chi connectivity index (χ2v) is 5.87. The van der Waals surface area contributed by atoms with E-state index in [4.69, 9.17) is 0 Å². The third-order valence-electron chi connectivity index (χ3n) is 4.03. The molecule has 2 heterocycles. The van der Waals surface area contributed by atoms with E-state index in [0.717, 1.165) is 24.4 Å². The van der Waals surface area contributed by atoms with Gasteiger partial charge in [-0.1, -0.05) is 18.6 Å². The number of nitrogens with one attached hydrogen (secondary N) is 2. The fourth-order valence-electron chi connectivity index (χ4n) is 2.99. The fraction of sp³-hybridized carbons (Fsp3) is 0.500. The highest BCUT2D eigenvalue weighted by atomic mass is 16.1. The van der Waals surface area contributed by atoms with E-state index in [1.165, 1.54) is 19.3 Å². The number of piperidine rings is 1. The average molecular weight is 286 g/mol. The summed E-state index contributed by atoms with van der Waals surface area (Å²) in [6, 6.07) is 8.02. The molecule has 5 nitrogen and oxygen atoms in total. The molecule has 5 heteroatoms. The highest BCUT2D eigenvalue weighted by Gasteiger charge is 2.15. The number of likely N-dealkylation sites (N-methyl/N-ethyl adjacent to an activating group) is 1. The Morgan fingerprint density at radius 1 is 1.33 bits per heavy atom. The van der Waals surface area contributed by atoms with E-state index in [9.17, 15) is 4.79 Å². The largest absolute Gasteiger partial charge is 0.313 e. The SMILES string of the molecule is CN(Cc1nc2ccccc2c(=O)[nH]1)CC1CCCCN1. The van der Waals surface area contributed by atoms with Crippen LogP contribution in [-0.4, -0.2) is 41.0 Å². The van der Waals surface area contributed by atoms with Crippen molar-refractivity contribution < 1.29 is 0 Å². The minimum absolute atomic E-state index is 0.0557. The van der Waals surface area contributed by atoms with Gasteiger partial charge in [-0.15, -0.1) is 0 Å². The molecule has 21 heavy (non-hydrogen) atoms. The van der Waals surface area contributed by atoms with Gasteiger partial charge in [-0.25, -0.2) is 4.98 Å². The zero-order valence-corrected chi connectivity index (χ0v) is 12.4. The predicted octanol–water partition coefficient (Wildman–Crippen LogP) is 1.50. The van der Waals surface area contributed by atoms with Crippen LogP contribution in [0, 0.1) is 0 Å². The third-order valence-corrected chi connectivity index (χ3v) is 4.03. The maximum atomic E-state index is 12.0. The molecule has 0 aliphatic carbocycles. The van der Waals surface area contributed by atoms with E-state index in [0.29, 0.717) is 18.0 Å². The van der Waals surface area contributed by atoms with E-state index < -0.39 is 0 Å². The molecule has 3 rings (SSSR count). The van der Waals surface area contributed by atoms with E-state index in [1.807, 2.05) is 18.2 Å². The monoisotopic (exact) mass is 286 g/mol. The van der Waals surface area contributed by atoms with Crippen LogP contribution in [0.15, 0.2) is 29.1 Å². The number of para-hydroxylation sites is 1. The van der Waals surface area contributed by atoms with Gasteiger partial charge in [0.15, 0.2) is 0 Å². The molecular weight excluding hydrogens is 264 g/mol. The first kappa shape index (κ1) is 14.2. The van der Waals surface area contributed by atoms with Crippen molar-refractivity contribution in [2.75, 3.05) is 20.1 Å². The zero-order valence-electron chi connectivity index (χ0n) is 12.4. The van der Waals surface area contributed by atoms with Crippen LogP contribution in [0.1, 0.15) is 25.1 Å². The molecule has 2 aromatic rings. The van der Waals surface area contributed by atoms with Crippen LogP contribution in [0.2, 0.25) is 0 Å². The van der Waals surface area contributed by atoms with Gasteiger partial charge in [-0.2, -0.15) is 0 Å². The van der Waals surface area contributed by atoms with Crippen LogP contribution in [0.3, 0.4) is 0 Å². The number of fused-ring (bicyclic) bond motifs is 1. The molecule has 112 valence electrons. The van der Waals surface area contributed by atoms with Crippen molar-refractivity contribution in [3.8, 4) is 0 Å². The van der Waals surface area contributed by atoms with E-state index >= 15 is 0 Å². The Morgan fingerprint density at radius 3 is 3.00 bits per heavy atom. The summed E-state index contributed by atoms with van der Waals surface area (Å²) in [5.41, 5.74) is 0.709. The van der Waals surface area contributed by atoms with Crippen LogP contribution < -0.4 is 10.9 Å². The van der Waals surface area contributed by atoms with Crippen LogP contribution in [0.5, 0.6) is 0 Å². The number of benzene rings is 1. The normalized spacial score (nSPS) is 19.2. The lowest BCUT2D eigenvalue weighted by Crippen LogP contribution is -2.42. The Labute approximate surface area is 124 Å². The smallest absolute Gasteiger partial charge is 0.258 e. The third kappa shape index (κ3) is 3.49. The Balaban J connectivity index is 1.70. The maximum Gasteiger partial charge on any atom is 0.258 e. The van der Waals surface area contributed by atoms with Crippen molar-refractivity contribution >= 4 is 10.9 Å². The summed E-state index contributed by atoms with van der Waals surface area (Å²) in [5, 5.41) is 4.19. The number of rotatable bonds is 4. The van der Waals surface area contributed by atoms with Gasteiger partial charge >= 0.3 is 0 Å². The van der Waals surface area contributed by atoms with Crippen LogP contribution in [0.25, 0.3) is 10.9 Å². The minimum atomic E-state index is -0.0557. The first-order chi connectivity index (χ1) is 10.2. The Bertz CT molecular complexity index is 661. The number of H-pyrrole nitrogens is 1. The van der Waals surface area contributed by atoms with Gasteiger partial charge in [-0.05, 0) is 38.6 Å². The lowest BCUT2D eigenvalue weighted by molar-refractivity contribution is 0.252. The summed E-state index contributed by atoms with van der Waals surface area (Å²) in [5.74, 6) is 0.733. The van der Waals surface area contributed by atoms with E-state index in [1.54, 1.807) is 6.07 Å². The molecular formula is C16H22N4O. The summed E-state index contributed by atoms with van der Waals surface area (Å²) in [6.07, 6.45) is 3.81. The molecule has 1 atom stereocenters. The molecule has 0 bridgehead atoms. The minimum Gasteiger partial charge on any atom is -0.313 e. The molecule has 0 spiro atoms.